The number of fused-ring (bicyclic) bond motifs is 1. The fourth-order valence-corrected chi connectivity index (χ4v) is 3.38. The maximum Gasteiger partial charge on any atom is 0.416 e. The van der Waals surface area contributed by atoms with Crippen LogP contribution in [0.5, 0.6) is 0 Å². The third kappa shape index (κ3) is 4.20. The molecule has 166 valence electrons. The van der Waals surface area contributed by atoms with Gasteiger partial charge in [0.1, 0.15) is 0 Å². The van der Waals surface area contributed by atoms with Crippen molar-refractivity contribution >= 4 is 10.9 Å². The van der Waals surface area contributed by atoms with Crippen LogP contribution in [-0.2, 0) is 12.7 Å². The molecule has 0 fully saturated rings. The second-order valence-corrected chi connectivity index (χ2v) is 7.35. The SMILES string of the molecule is CCCCCn1c(=O)[nH]c2cc(-c3nc(-c4ccc(C(F)(F)F)cc4)no3)ccc2c1=O. The normalized spacial score (nSPS) is 11.9. The molecule has 2 aromatic heterocycles. The van der Waals surface area contributed by atoms with E-state index < -0.39 is 17.4 Å². The van der Waals surface area contributed by atoms with Crippen molar-refractivity contribution in [3.63, 3.8) is 0 Å². The van der Waals surface area contributed by atoms with Gasteiger partial charge in [-0.25, -0.2) is 4.79 Å². The molecule has 32 heavy (non-hydrogen) atoms. The van der Waals surface area contributed by atoms with Crippen molar-refractivity contribution in [2.45, 2.75) is 38.9 Å². The molecule has 4 rings (SSSR count). The van der Waals surface area contributed by atoms with Crippen molar-refractivity contribution in [2.24, 2.45) is 0 Å². The molecule has 2 aromatic carbocycles. The van der Waals surface area contributed by atoms with Gasteiger partial charge < -0.3 is 9.51 Å². The zero-order valence-corrected chi connectivity index (χ0v) is 17.1. The summed E-state index contributed by atoms with van der Waals surface area (Å²) in [6.07, 6.45) is -1.81. The number of hydrogen-bond donors (Lipinski definition) is 1. The molecular formula is C22H19F3N4O3. The Labute approximate surface area is 179 Å². The van der Waals surface area contributed by atoms with Gasteiger partial charge in [0.15, 0.2) is 0 Å². The van der Waals surface area contributed by atoms with Crippen molar-refractivity contribution in [3.05, 3.63) is 68.9 Å². The lowest BCUT2D eigenvalue weighted by molar-refractivity contribution is -0.137. The molecule has 0 aliphatic carbocycles. The van der Waals surface area contributed by atoms with E-state index in [0.717, 1.165) is 31.4 Å². The van der Waals surface area contributed by atoms with Crippen molar-refractivity contribution < 1.29 is 17.7 Å². The smallest absolute Gasteiger partial charge is 0.334 e. The highest BCUT2D eigenvalue weighted by Crippen LogP contribution is 2.31. The molecule has 0 atom stereocenters. The first-order valence-electron chi connectivity index (χ1n) is 10.1. The quantitative estimate of drug-likeness (QED) is 0.438. The predicted octanol–water partition coefficient (Wildman–Crippen LogP) is 4.62. The van der Waals surface area contributed by atoms with E-state index in [1.54, 1.807) is 18.2 Å². The Morgan fingerprint density at radius 3 is 2.44 bits per heavy atom. The van der Waals surface area contributed by atoms with Gasteiger partial charge in [-0.15, -0.1) is 0 Å². The van der Waals surface area contributed by atoms with Crippen LogP contribution < -0.4 is 11.2 Å². The molecular weight excluding hydrogens is 425 g/mol. The number of unbranched alkanes of at least 4 members (excludes halogenated alkanes) is 2. The number of aromatic amines is 1. The highest BCUT2D eigenvalue weighted by molar-refractivity contribution is 5.82. The van der Waals surface area contributed by atoms with Gasteiger partial charge in [0, 0.05) is 17.7 Å². The van der Waals surface area contributed by atoms with Gasteiger partial charge in [0.2, 0.25) is 5.82 Å². The molecule has 0 spiro atoms. The van der Waals surface area contributed by atoms with E-state index in [-0.39, 0.29) is 17.3 Å². The summed E-state index contributed by atoms with van der Waals surface area (Å²) in [6.45, 7) is 2.38. The molecule has 0 saturated heterocycles. The molecule has 0 bridgehead atoms. The number of nitrogens with zero attached hydrogens (tertiary/aromatic N) is 3. The standard InChI is InChI=1S/C22H19F3N4O3/c1-2-3-4-11-29-20(30)16-10-7-14(12-17(16)26-21(29)31)19-27-18(28-32-19)13-5-8-15(9-6-13)22(23,24)25/h5-10,12H,2-4,11H2,1H3,(H,26,31). The van der Waals surface area contributed by atoms with Crippen molar-refractivity contribution in [1.29, 1.82) is 0 Å². The van der Waals surface area contributed by atoms with Crippen molar-refractivity contribution in [3.8, 4) is 22.8 Å². The number of aromatic nitrogens is 4. The Morgan fingerprint density at radius 1 is 1.03 bits per heavy atom. The van der Waals surface area contributed by atoms with Gasteiger partial charge in [-0.2, -0.15) is 18.2 Å². The summed E-state index contributed by atoms with van der Waals surface area (Å²) >= 11 is 0. The summed E-state index contributed by atoms with van der Waals surface area (Å²) < 4.78 is 44.6. The second-order valence-electron chi connectivity index (χ2n) is 7.35. The molecule has 4 aromatic rings. The number of hydrogen-bond acceptors (Lipinski definition) is 5. The minimum Gasteiger partial charge on any atom is -0.334 e. The molecule has 0 unspecified atom stereocenters. The Bertz CT molecular complexity index is 1370. The number of halogens is 3. The second kappa shape index (κ2) is 8.45. The average Bonchev–Trinajstić information content (AvgIpc) is 3.25. The van der Waals surface area contributed by atoms with E-state index >= 15 is 0 Å². The van der Waals surface area contributed by atoms with E-state index in [2.05, 4.69) is 15.1 Å². The van der Waals surface area contributed by atoms with Crippen LogP contribution in [0.25, 0.3) is 33.7 Å². The van der Waals surface area contributed by atoms with Crippen LogP contribution in [0.4, 0.5) is 13.2 Å². The summed E-state index contributed by atoms with van der Waals surface area (Å²) in [4.78, 5) is 32.0. The van der Waals surface area contributed by atoms with Crippen LogP contribution in [0, 0.1) is 0 Å². The Morgan fingerprint density at radius 2 is 1.75 bits per heavy atom. The third-order valence-electron chi connectivity index (χ3n) is 5.11. The van der Waals surface area contributed by atoms with Crippen LogP contribution in [0.2, 0.25) is 0 Å². The number of benzene rings is 2. The van der Waals surface area contributed by atoms with Crippen LogP contribution in [-0.4, -0.2) is 19.7 Å². The molecule has 10 heteroatoms. The number of rotatable bonds is 6. The van der Waals surface area contributed by atoms with Gasteiger partial charge in [0.05, 0.1) is 16.5 Å². The largest absolute Gasteiger partial charge is 0.416 e. The van der Waals surface area contributed by atoms with E-state index in [4.69, 9.17) is 4.52 Å². The summed E-state index contributed by atoms with van der Waals surface area (Å²) in [7, 11) is 0. The summed E-state index contributed by atoms with van der Waals surface area (Å²) in [5.74, 6) is 0.225. The third-order valence-corrected chi connectivity index (χ3v) is 5.11. The zero-order chi connectivity index (χ0) is 22.9. The van der Waals surface area contributed by atoms with E-state index in [1.165, 1.54) is 16.7 Å². The molecule has 0 saturated carbocycles. The minimum atomic E-state index is -4.43. The fraction of sp³-hybridized carbons (Fsp3) is 0.273. The van der Waals surface area contributed by atoms with Gasteiger partial charge in [-0.3, -0.25) is 9.36 Å². The number of alkyl halides is 3. The number of H-pyrrole nitrogens is 1. The first-order valence-corrected chi connectivity index (χ1v) is 10.1. The molecule has 7 nitrogen and oxygen atoms in total. The zero-order valence-electron chi connectivity index (χ0n) is 17.1. The Hall–Kier alpha value is -3.69. The van der Waals surface area contributed by atoms with E-state index in [1.807, 2.05) is 6.92 Å². The molecule has 0 amide bonds. The first-order chi connectivity index (χ1) is 15.3. The van der Waals surface area contributed by atoms with E-state index in [0.29, 0.717) is 28.6 Å². The minimum absolute atomic E-state index is 0.106. The van der Waals surface area contributed by atoms with Crippen LogP contribution in [0.3, 0.4) is 0 Å². The van der Waals surface area contributed by atoms with E-state index in [9.17, 15) is 22.8 Å². The summed E-state index contributed by atoms with van der Waals surface area (Å²) in [6, 6.07) is 9.14. The molecule has 0 aliphatic heterocycles. The topological polar surface area (TPSA) is 93.8 Å². The predicted molar refractivity (Wildman–Crippen MR) is 112 cm³/mol. The molecule has 0 radical (unpaired) electrons. The molecule has 1 N–H and O–H groups in total. The lowest BCUT2D eigenvalue weighted by Gasteiger charge is -2.06. The Balaban J connectivity index is 1.65. The van der Waals surface area contributed by atoms with Crippen molar-refractivity contribution in [2.75, 3.05) is 0 Å². The van der Waals surface area contributed by atoms with Crippen LogP contribution >= 0.6 is 0 Å². The van der Waals surface area contributed by atoms with Crippen LogP contribution in [0.15, 0.2) is 56.6 Å². The maximum absolute atomic E-state index is 12.7. The average molecular weight is 444 g/mol. The lowest BCUT2D eigenvalue weighted by atomic mass is 10.1. The molecule has 0 aliphatic rings. The maximum atomic E-state index is 12.7. The van der Waals surface area contributed by atoms with Crippen molar-refractivity contribution in [1.82, 2.24) is 19.7 Å². The Kier molecular flexibility index (Phi) is 5.68. The highest BCUT2D eigenvalue weighted by atomic mass is 19.4. The highest BCUT2D eigenvalue weighted by Gasteiger charge is 2.30. The number of nitrogens with one attached hydrogen (secondary N) is 1. The first kappa shape index (κ1) is 21.5. The fourth-order valence-electron chi connectivity index (χ4n) is 3.38. The van der Waals surface area contributed by atoms with Gasteiger partial charge >= 0.3 is 11.9 Å². The summed E-state index contributed by atoms with van der Waals surface area (Å²) in [5.41, 5.74) is -0.490. The van der Waals surface area contributed by atoms with Gasteiger partial charge in [-0.1, -0.05) is 37.1 Å². The summed E-state index contributed by atoms with van der Waals surface area (Å²) in [5, 5.41) is 4.17. The van der Waals surface area contributed by atoms with Crippen LogP contribution in [0.1, 0.15) is 31.7 Å². The molecule has 2 heterocycles. The van der Waals surface area contributed by atoms with Gasteiger partial charge in [0.25, 0.3) is 11.4 Å². The lowest BCUT2D eigenvalue weighted by Crippen LogP contribution is -2.35. The van der Waals surface area contributed by atoms with Gasteiger partial charge in [-0.05, 0) is 36.8 Å². The monoisotopic (exact) mass is 444 g/mol.